The summed E-state index contributed by atoms with van der Waals surface area (Å²) in [6.07, 6.45) is 1.59. The van der Waals surface area contributed by atoms with Gasteiger partial charge in [0.25, 0.3) is 0 Å². The van der Waals surface area contributed by atoms with Gasteiger partial charge >= 0.3 is 5.97 Å². The van der Waals surface area contributed by atoms with Gasteiger partial charge in [-0.05, 0) is 30.4 Å². The number of unbranched alkanes of at least 4 members (excludes halogenated alkanes) is 1. The average molecular weight is 307 g/mol. The first kappa shape index (κ1) is 18.0. The molecule has 0 aliphatic heterocycles. The van der Waals surface area contributed by atoms with Gasteiger partial charge in [-0.2, -0.15) is 0 Å². The third kappa shape index (κ3) is 7.11. The first-order valence-electron chi connectivity index (χ1n) is 7.71. The van der Waals surface area contributed by atoms with Gasteiger partial charge in [-0.3, -0.25) is 9.59 Å². The zero-order valence-electron chi connectivity index (χ0n) is 13.3. The summed E-state index contributed by atoms with van der Waals surface area (Å²) >= 11 is 0. The van der Waals surface area contributed by atoms with Crippen LogP contribution < -0.4 is 10.1 Å². The van der Waals surface area contributed by atoms with Crippen molar-refractivity contribution < 1.29 is 19.4 Å². The van der Waals surface area contributed by atoms with Crippen LogP contribution in [0.2, 0.25) is 0 Å². The minimum absolute atomic E-state index is 0.0638. The Morgan fingerprint density at radius 2 is 1.86 bits per heavy atom. The molecule has 0 atom stereocenters. The summed E-state index contributed by atoms with van der Waals surface area (Å²) in [4.78, 5) is 21.9. The lowest BCUT2D eigenvalue weighted by Gasteiger charge is -2.14. The highest BCUT2D eigenvalue weighted by atomic mass is 16.5. The summed E-state index contributed by atoms with van der Waals surface area (Å²) in [5.74, 6) is 0.358. The lowest BCUT2D eigenvalue weighted by molar-refractivity contribution is -0.137. The number of carboxylic acid groups (broad SMARTS) is 1. The van der Waals surface area contributed by atoms with E-state index in [1.165, 1.54) is 0 Å². The summed E-state index contributed by atoms with van der Waals surface area (Å²) in [7, 11) is 0. The van der Waals surface area contributed by atoms with Gasteiger partial charge in [-0.15, -0.1) is 0 Å². The summed E-state index contributed by atoms with van der Waals surface area (Å²) in [5, 5.41) is 11.3. The minimum Gasteiger partial charge on any atom is -0.491 e. The Morgan fingerprint density at radius 1 is 1.18 bits per heavy atom. The van der Waals surface area contributed by atoms with Crippen LogP contribution in [0.3, 0.4) is 0 Å². The summed E-state index contributed by atoms with van der Waals surface area (Å²) in [6.45, 7) is 5.09. The van der Waals surface area contributed by atoms with E-state index in [1.54, 1.807) is 0 Å². The van der Waals surface area contributed by atoms with Crippen molar-refractivity contribution in [2.24, 2.45) is 0 Å². The van der Waals surface area contributed by atoms with Crippen LogP contribution in [0.1, 0.15) is 51.0 Å². The lowest BCUT2D eigenvalue weighted by Crippen LogP contribution is -2.27. The fraction of sp³-hybridized carbons (Fsp3) is 0.529. The van der Waals surface area contributed by atoms with Gasteiger partial charge in [0.15, 0.2) is 0 Å². The van der Waals surface area contributed by atoms with Gasteiger partial charge in [0.1, 0.15) is 12.4 Å². The van der Waals surface area contributed by atoms with E-state index in [4.69, 9.17) is 9.84 Å². The molecule has 122 valence electrons. The second-order valence-electron chi connectivity index (χ2n) is 5.49. The maximum atomic E-state index is 11.6. The fourth-order valence-corrected chi connectivity index (χ4v) is 2.09. The molecule has 0 heterocycles. The fourth-order valence-electron chi connectivity index (χ4n) is 2.09. The Bertz CT molecular complexity index is 485. The number of ether oxygens (including phenoxy) is 1. The highest BCUT2D eigenvalue weighted by Gasteiger charge is 2.07. The molecule has 0 unspecified atom stereocenters. The molecule has 5 heteroatoms. The van der Waals surface area contributed by atoms with Crippen molar-refractivity contribution in [3.8, 4) is 5.75 Å². The van der Waals surface area contributed by atoms with Crippen molar-refractivity contribution >= 4 is 11.9 Å². The van der Waals surface area contributed by atoms with E-state index in [0.29, 0.717) is 38.3 Å². The molecule has 2 N–H and O–H groups in total. The number of para-hydroxylation sites is 1. The summed E-state index contributed by atoms with van der Waals surface area (Å²) in [6, 6.07) is 7.90. The van der Waals surface area contributed by atoms with Crippen LogP contribution in [0.5, 0.6) is 5.75 Å². The minimum atomic E-state index is -0.822. The second-order valence-corrected chi connectivity index (χ2v) is 5.49. The lowest BCUT2D eigenvalue weighted by atomic mass is 10.0. The molecule has 0 aliphatic carbocycles. The second kappa shape index (κ2) is 9.82. The van der Waals surface area contributed by atoms with E-state index in [9.17, 15) is 9.59 Å². The molecule has 5 nitrogen and oxygen atoms in total. The van der Waals surface area contributed by atoms with E-state index in [-0.39, 0.29) is 12.3 Å². The number of carboxylic acids is 1. The molecule has 1 aromatic carbocycles. The van der Waals surface area contributed by atoms with Crippen LogP contribution in [0, 0.1) is 0 Å². The molecule has 22 heavy (non-hydrogen) atoms. The van der Waals surface area contributed by atoms with Crippen LogP contribution in [0.4, 0.5) is 0 Å². The monoisotopic (exact) mass is 307 g/mol. The molecular weight excluding hydrogens is 282 g/mol. The Morgan fingerprint density at radius 3 is 2.55 bits per heavy atom. The van der Waals surface area contributed by atoms with Gasteiger partial charge < -0.3 is 15.2 Å². The standard InChI is InChI=1S/C17H25NO4/c1-13(2)14-7-3-4-8-15(14)22-12-11-18-16(19)9-5-6-10-17(20)21/h3-4,7-8,13H,5-6,9-12H2,1-2H3,(H,18,19)(H,20,21). The molecule has 0 saturated heterocycles. The third-order valence-electron chi connectivity index (χ3n) is 3.27. The molecule has 0 radical (unpaired) electrons. The zero-order chi connectivity index (χ0) is 16.4. The quantitative estimate of drug-likeness (QED) is 0.652. The number of carbonyl (C=O) groups excluding carboxylic acids is 1. The van der Waals surface area contributed by atoms with E-state index < -0.39 is 5.97 Å². The van der Waals surface area contributed by atoms with E-state index in [2.05, 4.69) is 19.2 Å². The van der Waals surface area contributed by atoms with Crippen molar-refractivity contribution in [1.29, 1.82) is 0 Å². The average Bonchev–Trinajstić information content (AvgIpc) is 2.48. The maximum Gasteiger partial charge on any atom is 0.303 e. The molecule has 0 saturated carbocycles. The predicted octanol–water partition coefficient (Wildman–Crippen LogP) is 2.95. The smallest absolute Gasteiger partial charge is 0.303 e. The first-order chi connectivity index (χ1) is 10.5. The third-order valence-corrected chi connectivity index (χ3v) is 3.27. The first-order valence-corrected chi connectivity index (χ1v) is 7.71. The zero-order valence-corrected chi connectivity index (χ0v) is 13.3. The SMILES string of the molecule is CC(C)c1ccccc1OCCNC(=O)CCCCC(=O)O. The van der Waals surface area contributed by atoms with Crippen LogP contribution in [-0.2, 0) is 9.59 Å². The molecule has 1 amide bonds. The summed E-state index contributed by atoms with van der Waals surface area (Å²) in [5.41, 5.74) is 1.16. The number of hydrogen-bond donors (Lipinski definition) is 2. The number of rotatable bonds is 10. The van der Waals surface area contributed by atoms with Gasteiger partial charge in [-0.1, -0.05) is 32.0 Å². The van der Waals surface area contributed by atoms with Gasteiger partial charge in [0.2, 0.25) is 5.91 Å². The van der Waals surface area contributed by atoms with Crippen LogP contribution in [-0.4, -0.2) is 30.1 Å². The number of amides is 1. The molecular formula is C17H25NO4. The largest absolute Gasteiger partial charge is 0.491 e. The van der Waals surface area contributed by atoms with Gasteiger partial charge in [-0.25, -0.2) is 0 Å². The Balaban J connectivity index is 2.20. The molecule has 0 aliphatic rings. The van der Waals surface area contributed by atoms with Gasteiger partial charge in [0, 0.05) is 12.8 Å². The van der Waals surface area contributed by atoms with Crippen LogP contribution in [0.25, 0.3) is 0 Å². The van der Waals surface area contributed by atoms with Crippen molar-refractivity contribution in [3.05, 3.63) is 29.8 Å². The topological polar surface area (TPSA) is 75.6 Å². The highest BCUT2D eigenvalue weighted by Crippen LogP contribution is 2.25. The van der Waals surface area contributed by atoms with E-state index in [1.807, 2.05) is 24.3 Å². The molecule has 0 spiro atoms. The molecule has 0 aromatic heterocycles. The Kier molecular flexibility index (Phi) is 8.04. The van der Waals surface area contributed by atoms with E-state index in [0.717, 1.165) is 11.3 Å². The van der Waals surface area contributed by atoms with Crippen molar-refractivity contribution in [2.45, 2.75) is 45.4 Å². The molecule has 0 bridgehead atoms. The Labute approximate surface area is 131 Å². The number of aliphatic carboxylic acids is 1. The number of benzene rings is 1. The molecule has 1 rings (SSSR count). The Hall–Kier alpha value is -2.04. The van der Waals surface area contributed by atoms with Crippen LogP contribution in [0.15, 0.2) is 24.3 Å². The normalized spacial score (nSPS) is 10.5. The number of carbonyl (C=O) groups is 2. The summed E-state index contributed by atoms with van der Waals surface area (Å²) < 4.78 is 5.71. The van der Waals surface area contributed by atoms with E-state index >= 15 is 0 Å². The highest BCUT2D eigenvalue weighted by molar-refractivity contribution is 5.75. The molecule has 1 aromatic rings. The number of hydrogen-bond acceptors (Lipinski definition) is 3. The maximum absolute atomic E-state index is 11.6. The van der Waals surface area contributed by atoms with Crippen molar-refractivity contribution in [1.82, 2.24) is 5.32 Å². The predicted molar refractivity (Wildman–Crippen MR) is 85.1 cm³/mol. The van der Waals surface area contributed by atoms with Crippen LogP contribution >= 0.6 is 0 Å². The van der Waals surface area contributed by atoms with Crippen molar-refractivity contribution in [3.63, 3.8) is 0 Å². The van der Waals surface area contributed by atoms with Crippen molar-refractivity contribution in [2.75, 3.05) is 13.2 Å². The molecule has 0 fully saturated rings. The van der Waals surface area contributed by atoms with Gasteiger partial charge in [0.05, 0.1) is 6.54 Å². The number of nitrogens with one attached hydrogen (secondary N) is 1.